The van der Waals surface area contributed by atoms with Gasteiger partial charge in [-0.1, -0.05) is 12.1 Å². The number of para-hydroxylation sites is 2. The van der Waals surface area contributed by atoms with Crippen molar-refractivity contribution in [3.8, 4) is 0 Å². The van der Waals surface area contributed by atoms with Crippen LogP contribution in [0.3, 0.4) is 0 Å². The molecule has 1 amide bonds. The van der Waals surface area contributed by atoms with Crippen LogP contribution in [0, 0.1) is 5.92 Å². The van der Waals surface area contributed by atoms with Crippen LogP contribution in [-0.4, -0.2) is 49.4 Å². The molecule has 3 aromatic rings. The maximum Gasteiger partial charge on any atom is 0.274 e. The minimum Gasteiger partial charge on any atom is -0.336 e. The lowest BCUT2D eigenvalue weighted by atomic mass is 9.99. The molecule has 7 nitrogen and oxygen atoms in total. The van der Waals surface area contributed by atoms with Gasteiger partial charge in [-0.05, 0) is 23.4 Å². The van der Waals surface area contributed by atoms with Gasteiger partial charge in [-0.15, -0.1) is 0 Å². The summed E-state index contributed by atoms with van der Waals surface area (Å²) in [7, 11) is 0. The van der Waals surface area contributed by atoms with Crippen LogP contribution in [-0.2, 0) is 18.7 Å². The second kappa shape index (κ2) is 7.01. The number of benzene rings is 1. The van der Waals surface area contributed by atoms with E-state index in [2.05, 4.69) is 15.1 Å². The summed E-state index contributed by atoms with van der Waals surface area (Å²) >= 11 is 1.84. The second-order valence-corrected chi connectivity index (χ2v) is 8.36. The Labute approximate surface area is 165 Å². The molecule has 1 fully saturated rings. The van der Waals surface area contributed by atoms with E-state index in [4.69, 9.17) is 0 Å². The summed E-state index contributed by atoms with van der Waals surface area (Å²) in [6, 6.07) is 9.23. The Morgan fingerprint density at radius 1 is 1.21 bits per heavy atom. The normalized spacial score (nSPS) is 16.6. The van der Waals surface area contributed by atoms with Crippen LogP contribution in [0.25, 0.3) is 11.0 Å². The van der Waals surface area contributed by atoms with Gasteiger partial charge in [0, 0.05) is 37.2 Å². The highest BCUT2D eigenvalue weighted by Gasteiger charge is 2.33. The molecule has 0 N–H and O–H groups in total. The van der Waals surface area contributed by atoms with Gasteiger partial charge in [0.05, 0.1) is 29.5 Å². The molecular weight excluding hydrogens is 374 g/mol. The SMILES string of the molecule is O=C(c1cnc2ccccc2n1)N1CC(Cn2nc3c(cc2=O)CSCC3)C1. The predicted octanol–water partition coefficient (Wildman–Crippen LogP) is 1.75. The number of rotatable bonds is 3. The lowest BCUT2D eigenvalue weighted by molar-refractivity contribution is 0.0452. The molecule has 5 rings (SSSR count). The van der Waals surface area contributed by atoms with E-state index in [9.17, 15) is 9.59 Å². The molecule has 0 radical (unpaired) electrons. The molecule has 0 atom stereocenters. The van der Waals surface area contributed by atoms with Crippen molar-refractivity contribution in [1.29, 1.82) is 0 Å². The zero-order valence-electron chi connectivity index (χ0n) is 15.2. The number of carbonyl (C=O) groups is 1. The molecule has 0 spiro atoms. The first kappa shape index (κ1) is 17.4. The molecule has 1 aromatic carbocycles. The van der Waals surface area contributed by atoms with Gasteiger partial charge in [-0.25, -0.2) is 9.67 Å². The topological polar surface area (TPSA) is 81.0 Å². The summed E-state index contributed by atoms with van der Waals surface area (Å²) in [5.41, 5.74) is 3.91. The van der Waals surface area contributed by atoms with Crippen molar-refractivity contribution in [3.05, 3.63) is 63.8 Å². The molecule has 28 heavy (non-hydrogen) atoms. The highest BCUT2D eigenvalue weighted by Crippen LogP contribution is 2.23. The highest BCUT2D eigenvalue weighted by atomic mass is 32.2. The van der Waals surface area contributed by atoms with Crippen LogP contribution >= 0.6 is 11.8 Å². The average molecular weight is 393 g/mol. The Morgan fingerprint density at radius 2 is 2.04 bits per heavy atom. The number of aryl methyl sites for hydroxylation is 1. The fourth-order valence-electron chi connectivity index (χ4n) is 3.70. The largest absolute Gasteiger partial charge is 0.336 e. The fourth-order valence-corrected chi connectivity index (χ4v) is 4.65. The first-order valence-electron chi connectivity index (χ1n) is 9.36. The minimum absolute atomic E-state index is 0.0496. The van der Waals surface area contributed by atoms with Gasteiger partial charge in [0.15, 0.2) is 0 Å². The highest BCUT2D eigenvalue weighted by molar-refractivity contribution is 7.98. The number of hydrogen-bond donors (Lipinski definition) is 0. The Bertz CT molecular complexity index is 1120. The smallest absolute Gasteiger partial charge is 0.274 e. The molecular formula is C20H19N5O2S. The van der Waals surface area contributed by atoms with Crippen molar-refractivity contribution in [3.63, 3.8) is 0 Å². The summed E-state index contributed by atoms with van der Waals surface area (Å²) in [5.74, 6) is 2.05. The number of carbonyl (C=O) groups excluding carboxylic acids is 1. The summed E-state index contributed by atoms with van der Waals surface area (Å²) in [5, 5.41) is 4.56. The molecule has 142 valence electrons. The lowest BCUT2D eigenvalue weighted by Crippen LogP contribution is -2.52. The van der Waals surface area contributed by atoms with Gasteiger partial charge in [-0.2, -0.15) is 16.9 Å². The third kappa shape index (κ3) is 3.17. The first-order chi connectivity index (χ1) is 13.7. The standard InChI is InChI=1S/C20H19N5O2S/c26-19-7-14-12-28-6-5-15(14)23-25(19)11-13-9-24(10-13)20(27)18-8-21-16-3-1-2-4-17(16)22-18/h1-4,7-8,13H,5-6,9-12H2. The zero-order chi connectivity index (χ0) is 19.1. The van der Waals surface area contributed by atoms with E-state index in [0.717, 1.165) is 34.7 Å². The van der Waals surface area contributed by atoms with E-state index in [1.807, 2.05) is 36.0 Å². The van der Waals surface area contributed by atoms with Crippen LogP contribution < -0.4 is 5.56 Å². The van der Waals surface area contributed by atoms with Gasteiger partial charge in [0.2, 0.25) is 0 Å². The number of hydrogen-bond acceptors (Lipinski definition) is 6. The van der Waals surface area contributed by atoms with Crippen LogP contribution in [0.5, 0.6) is 0 Å². The van der Waals surface area contributed by atoms with Crippen molar-refractivity contribution in [2.45, 2.75) is 18.7 Å². The van der Waals surface area contributed by atoms with E-state index >= 15 is 0 Å². The molecule has 1 saturated heterocycles. The second-order valence-electron chi connectivity index (χ2n) is 7.26. The number of fused-ring (bicyclic) bond motifs is 2. The maximum atomic E-state index is 12.7. The molecule has 4 heterocycles. The van der Waals surface area contributed by atoms with Gasteiger partial charge < -0.3 is 4.90 Å². The van der Waals surface area contributed by atoms with E-state index in [1.165, 1.54) is 6.20 Å². The minimum atomic E-state index is -0.114. The number of amides is 1. The third-order valence-electron chi connectivity index (χ3n) is 5.25. The molecule has 8 heteroatoms. The summed E-state index contributed by atoms with van der Waals surface area (Å²) < 4.78 is 1.57. The van der Waals surface area contributed by atoms with Crippen molar-refractivity contribution < 1.29 is 4.79 Å². The maximum absolute atomic E-state index is 12.7. The Morgan fingerprint density at radius 3 is 2.89 bits per heavy atom. The summed E-state index contributed by atoms with van der Waals surface area (Å²) in [6.07, 6.45) is 2.45. The predicted molar refractivity (Wildman–Crippen MR) is 107 cm³/mol. The van der Waals surface area contributed by atoms with Crippen LogP contribution in [0.15, 0.2) is 41.3 Å². The molecule has 2 aromatic heterocycles. The van der Waals surface area contributed by atoms with Gasteiger partial charge >= 0.3 is 0 Å². The molecule has 0 aliphatic carbocycles. The molecule has 0 unspecified atom stereocenters. The van der Waals surface area contributed by atoms with Gasteiger partial charge in [-0.3, -0.25) is 14.6 Å². The van der Waals surface area contributed by atoms with E-state index < -0.39 is 0 Å². The number of nitrogens with zero attached hydrogens (tertiary/aromatic N) is 5. The monoisotopic (exact) mass is 393 g/mol. The van der Waals surface area contributed by atoms with Crippen molar-refractivity contribution >= 4 is 28.7 Å². The first-order valence-corrected chi connectivity index (χ1v) is 10.5. The molecule has 2 aliphatic rings. The van der Waals surface area contributed by atoms with Gasteiger partial charge in [0.25, 0.3) is 11.5 Å². The van der Waals surface area contributed by atoms with Gasteiger partial charge in [0.1, 0.15) is 5.69 Å². The average Bonchev–Trinajstić information content (AvgIpc) is 2.69. The Kier molecular flexibility index (Phi) is 4.35. The Hall–Kier alpha value is -2.74. The summed E-state index contributed by atoms with van der Waals surface area (Å²) in [6.45, 7) is 1.76. The van der Waals surface area contributed by atoms with Crippen LogP contribution in [0.1, 0.15) is 21.7 Å². The quantitative estimate of drug-likeness (QED) is 0.674. The lowest BCUT2D eigenvalue weighted by Gasteiger charge is -2.39. The van der Waals surface area contributed by atoms with E-state index in [0.29, 0.717) is 30.8 Å². The Balaban J connectivity index is 1.26. The fraction of sp³-hybridized carbons (Fsp3) is 0.350. The number of likely N-dealkylation sites (tertiary alicyclic amines) is 1. The molecule has 0 bridgehead atoms. The molecule has 2 aliphatic heterocycles. The number of aromatic nitrogens is 4. The van der Waals surface area contributed by atoms with Crippen LogP contribution in [0.4, 0.5) is 0 Å². The van der Waals surface area contributed by atoms with Crippen LogP contribution in [0.2, 0.25) is 0 Å². The zero-order valence-corrected chi connectivity index (χ0v) is 16.1. The third-order valence-corrected chi connectivity index (χ3v) is 6.26. The van der Waals surface area contributed by atoms with Crippen molar-refractivity contribution in [2.75, 3.05) is 18.8 Å². The summed E-state index contributed by atoms with van der Waals surface area (Å²) in [4.78, 5) is 35.5. The van der Waals surface area contributed by atoms with Crippen molar-refractivity contribution in [2.24, 2.45) is 5.92 Å². The van der Waals surface area contributed by atoms with E-state index in [1.54, 1.807) is 15.6 Å². The molecule has 0 saturated carbocycles. The van der Waals surface area contributed by atoms with E-state index in [-0.39, 0.29) is 17.4 Å². The van der Waals surface area contributed by atoms with Crippen molar-refractivity contribution in [1.82, 2.24) is 24.6 Å². The number of thioether (sulfide) groups is 1.